The Morgan fingerprint density at radius 1 is 1.27 bits per heavy atom. The van der Waals surface area contributed by atoms with E-state index in [-0.39, 0.29) is 16.8 Å². The normalized spacial score (nSPS) is 43.6. The Labute approximate surface area is 135 Å². The second-order valence-electron chi connectivity index (χ2n) is 7.49. The molecular formula is C17H20ClN3O. The minimum absolute atomic E-state index is 0.0192. The van der Waals surface area contributed by atoms with Crippen molar-refractivity contribution in [2.75, 3.05) is 0 Å². The van der Waals surface area contributed by atoms with Crippen molar-refractivity contribution in [2.45, 2.75) is 48.6 Å². The predicted octanol–water partition coefficient (Wildman–Crippen LogP) is 4.59. The molecule has 0 aromatic heterocycles. The number of hydrogen-bond acceptors (Lipinski definition) is 2. The van der Waals surface area contributed by atoms with Gasteiger partial charge in [-0.1, -0.05) is 35.4 Å². The molecule has 5 heteroatoms. The number of hydrogen-bond donors (Lipinski definition) is 1. The lowest BCUT2D eigenvalue weighted by Gasteiger charge is -2.63. The highest BCUT2D eigenvalue weighted by molar-refractivity contribution is 6.24. The van der Waals surface area contributed by atoms with Crippen molar-refractivity contribution >= 4 is 11.6 Å². The monoisotopic (exact) mass is 317 g/mol. The number of azide groups is 1. The number of alkyl halides is 1. The Balaban J connectivity index is 1.76. The molecule has 1 aromatic rings. The summed E-state index contributed by atoms with van der Waals surface area (Å²) in [7, 11) is 0. The van der Waals surface area contributed by atoms with Crippen molar-refractivity contribution in [1.82, 2.24) is 0 Å². The molecule has 0 unspecified atom stereocenters. The maximum Gasteiger partial charge on any atom is 0.0705 e. The van der Waals surface area contributed by atoms with Crippen LogP contribution >= 0.6 is 11.6 Å². The van der Waals surface area contributed by atoms with Gasteiger partial charge in [0.1, 0.15) is 0 Å². The van der Waals surface area contributed by atoms with Gasteiger partial charge >= 0.3 is 0 Å². The molecule has 0 radical (unpaired) electrons. The predicted molar refractivity (Wildman–Crippen MR) is 85.4 cm³/mol. The fourth-order valence-corrected chi connectivity index (χ4v) is 6.30. The van der Waals surface area contributed by atoms with E-state index in [1.54, 1.807) is 0 Å². The fourth-order valence-electron chi connectivity index (χ4n) is 5.66. The molecule has 22 heavy (non-hydrogen) atoms. The van der Waals surface area contributed by atoms with Gasteiger partial charge in [0.25, 0.3) is 0 Å². The molecule has 4 saturated carbocycles. The molecule has 0 heterocycles. The maximum atomic E-state index is 11.3. The Morgan fingerprint density at radius 2 is 2.05 bits per heavy atom. The number of aliphatic hydroxyl groups is 1. The Kier molecular flexibility index (Phi) is 3.19. The quantitative estimate of drug-likeness (QED) is 0.377. The number of halogens is 1. The summed E-state index contributed by atoms with van der Waals surface area (Å²) in [6.45, 7) is 0. The first-order chi connectivity index (χ1) is 10.5. The molecule has 0 spiro atoms. The molecule has 5 rings (SSSR count). The molecule has 1 N–H and O–H groups in total. The SMILES string of the molecule is [N-]=[N+]=N[C@H](c1ccccc1)[C@@H]1[C@@H]2C[C@H]3C[C@@](Cl)(C2)C[C@]1(O)C3. The number of nitrogens with zero attached hydrogens (tertiary/aromatic N) is 3. The van der Waals surface area contributed by atoms with E-state index in [4.69, 9.17) is 17.1 Å². The van der Waals surface area contributed by atoms with Gasteiger partial charge in [0.2, 0.25) is 0 Å². The van der Waals surface area contributed by atoms with Crippen molar-refractivity contribution in [3.05, 3.63) is 46.3 Å². The lowest BCUT2D eigenvalue weighted by atomic mass is 9.47. The van der Waals surface area contributed by atoms with Crippen molar-refractivity contribution in [2.24, 2.45) is 22.9 Å². The summed E-state index contributed by atoms with van der Waals surface area (Å²) < 4.78 is 0. The first kappa shape index (κ1) is 14.4. The summed E-state index contributed by atoms with van der Waals surface area (Å²) >= 11 is 6.75. The van der Waals surface area contributed by atoms with Gasteiger partial charge in [-0.05, 0) is 55.0 Å². The lowest BCUT2D eigenvalue weighted by molar-refractivity contribution is -0.170. The average molecular weight is 318 g/mol. The minimum Gasteiger partial charge on any atom is -0.389 e. The van der Waals surface area contributed by atoms with Gasteiger partial charge < -0.3 is 5.11 Å². The Bertz CT molecular complexity index is 632. The Morgan fingerprint density at radius 3 is 2.68 bits per heavy atom. The van der Waals surface area contributed by atoms with E-state index in [2.05, 4.69) is 10.0 Å². The highest BCUT2D eigenvalue weighted by atomic mass is 35.5. The molecule has 4 bridgehead atoms. The van der Waals surface area contributed by atoms with E-state index in [1.165, 1.54) is 0 Å². The van der Waals surface area contributed by atoms with Gasteiger partial charge in [0.05, 0.1) is 11.6 Å². The van der Waals surface area contributed by atoms with Crippen molar-refractivity contribution in [3.63, 3.8) is 0 Å². The van der Waals surface area contributed by atoms with E-state index in [0.29, 0.717) is 18.3 Å². The number of rotatable bonds is 3. The van der Waals surface area contributed by atoms with Gasteiger partial charge in [-0.2, -0.15) is 0 Å². The summed E-state index contributed by atoms with van der Waals surface area (Å²) in [5.74, 6) is 0.849. The molecule has 0 saturated heterocycles. The van der Waals surface area contributed by atoms with Crippen LogP contribution in [0.5, 0.6) is 0 Å². The van der Waals surface area contributed by atoms with Crippen LogP contribution in [-0.4, -0.2) is 15.6 Å². The van der Waals surface area contributed by atoms with Crippen molar-refractivity contribution < 1.29 is 5.11 Å². The average Bonchev–Trinajstić information content (AvgIpc) is 2.44. The molecule has 4 nitrogen and oxygen atoms in total. The van der Waals surface area contributed by atoms with Gasteiger partial charge in [-0.3, -0.25) is 0 Å². The number of benzene rings is 1. The first-order valence-corrected chi connectivity index (χ1v) is 8.41. The molecular weight excluding hydrogens is 298 g/mol. The second kappa shape index (κ2) is 4.89. The molecule has 116 valence electrons. The van der Waals surface area contributed by atoms with Gasteiger partial charge in [0.15, 0.2) is 0 Å². The molecule has 4 aliphatic carbocycles. The van der Waals surface area contributed by atoms with Crippen LogP contribution in [0.3, 0.4) is 0 Å². The Hall–Kier alpha value is -1.22. The smallest absolute Gasteiger partial charge is 0.0705 e. The van der Waals surface area contributed by atoms with E-state index >= 15 is 0 Å². The summed E-state index contributed by atoms with van der Waals surface area (Å²) in [4.78, 5) is 2.83. The zero-order valence-corrected chi connectivity index (χ0v) is 13.2. The van der Waals surface area contributed by atoms with Crippen molar-refractivity contribution in [1.29, 1.82) is 0 Å². The van der Waals surface area contributed by atoms with Crippen LogP contribution in [0.4, 0.5) is 0 Å². The molecule has 0 aliphatic heterocycles. The standard InChI is InChI=1S/C17H20ClN3O/c18-16-7-11-6-13(9-16)14(17(22,8-11)10-16)15(20-21-19)12-4-2-1-3-5-12/h1-5,11,13-15,22H,6-10H2/t11-,13+,14-,15+,16+,17+/m0/s1. The highest BCUT2D eigenvalue weighted by Gasteiger charge is 2.63. The zero-order chi connectivity index (χ0) is 15.4. The van der Waals surface area contributed by atoms with Crippen LogP contribution in [0.15, 0.2) is 35.4 Å². The molecule has 4 aliphatic rings. The van der Waals surface area contributed by atoms with Gasteiger partial charge in [-0.25, -0.2) is 0 Å². The summed E-state index contributed by atoms with van der Waals surface area (Å²) in [6.07, 6.45) is 4.49. The van der Waals surface area contributed by atoms with Gasteiger partial charge in [0, 0.05) is 15.7 Å². The summed E-state index contributed by atoms with van der Waals surface area (Å²) in [5.41, 5.74) is 9.24. The third-order valence-electron chi connectivity index (χ3n) is 5.97. The largest absolute Gasteiger partial charge is 0.389 e. The molecule has 0 amide bonds. The molecule has 1 aromatic carbocycles. The molecule has 4 fully saturated rings. The van der Waals surface area contributed by atoms with Crippen LogP contribution < -0.4 is 0 Å². The van der Waals surface area contributed by atoms with Crippen LogP contribution in [0.25, 0.3) is 10.4 Å². The van der Waals surface area contributed by atoms with Crippen LogP contribution in [0.1, 0.15) is 43.7 Å². The van der Waals surface area contributed by atoms with Crippen LogP contribution in [0, 0.1) is 17.8 Å². The van der Waals surface area contributed by atoms with Crippen LogP contribution in [0.2, 0.25) is 0 Å². The van der Waals surface area contributed by atoms with E-state index < -0.39 is 5.60 Å². The summed E-state index contributed by atoms with van der Waals surface area (Å²) in [5, 5.41) is 15.4. The van der Waals surface area contributed by atoms with E-state index in [1.807, 2.05) is 30.3 Å². The second-order valence-corrected chi connectivity index (χ2v) is 8.29. The first-order valence-electron chi connectivity index (χ1n) is 8.03. The third kappa shape index (κ3) is 2.13. The fraction of sp³-hybridized carbons (Fsp3) is 0.647. The highest BCUT2D eigenvalue weighted by Crippen LogP contribution is 2.65. The topological polar surface area (TPSA) is 69.0 Å². The van der Waals surface area contributed by atoms with Crippen LogP contribution in [-0.2, 0) is 0 Å². The summed E-state index contributed by atoms with van der Waals surface area (Å²) in [6, 6.07) is 9.54. The minimum atomic E-state index is -0.791. The van der Waals surface area contributed by atoms with Gasteiger partial charge in [-0.15, -0.1) is 11.6 Å². The van der Waals surface area contributed by atoms with E-state index in [0.717, 1.165) is 31.2 Å². The third-order valence-corrected chi connectivity index (χ3v) is 6.41. The molecule has 6 atom stereocenters. The maximum absolute atomic E-state index is 11.3. The van der Waals surface area contributed by atoms with E-state index in [9.17, 15) is 5.11 Å². The lowest BCUT2D eigenvalue weighted by Crippen LogP contribution is -2.63. The zero-order valence-electron chi connectivity index (χ0n) is 12.4. The van der Waals surface area contributed by atoms with Crippen molar-refractivity contribution in [3.8, 4) is 0 Å².